The van der Waals surface area contributed by atoms with E-state index in [2.05, 4.69) is 15.9 Å². The van der Waals surface area contributed by atoms with Crippen LogP contribution in [-0.2, 0) is 0 Å². The molecule has 0 aliphatic heterocycles. The van der Waals surface area contributed by atoms with E-state index in [0.717, 1.165) is 6.07 Å². The molecule has 21 heavy (non-hydrogen) atoms. The average Bonchev–Trinajstić information content (AvgIpc) is 2.43. The van der Waals surface area contributed by atoms with E-state index < -0.39 is 17.7 Å². The van der Waals surface area contributed by atoms with Crippen LogP contribution in [0.15, 0.2) is 34.8 Å². The van der Waals surface area contributed by atoms with E-state index in [9.17, 15) is 13.9 Å². The average molecular weight is 359 g/mol. The zero-order chi connectivity index (χ0) is 15.6. The van der Waals surface area contributed by atoms with Crippen molar-refractivity contribution in [1.29, 1.82) is 0 Å². The second-order valence-electron chi connectivity index (χ2n) is 4.35. The lowest BCUT2D eigenvalue weighted by Crippen LogP contribution is -2.01. The van der Waals surface area contributed by atoms with Crippen molar-refractivity contribution < 1.29 is 23.4 Å². The molecule has 2 aromatic rings. The van der Waals surface area contributed by atoms with Gasteiger partial charge in [-0.05, 0) is 31.2 Å². The maximum Gasteiger partial charge on any atom is 0.201 e. The summed E-state index contributed by atoms with van der Waals surface area (Å²) in [6, 6.07) is 7.13. The lowest BCUT2D eigenvalue weighted by Gasteiger charge is -2.17. The van der Waals surface area contributed by atoms with Gasteiger partial charge >= 0.3 is 0 Å². The van der Waals surface area contributed by atoms with Gasteiger partial charge in [0.2, 0.25) is 5.82 Å². The summed E-state index contributed by atoms with van der Waals surface area (Å²) in [5, 5.41) is 9.84. The second kappa shape index (κ2) is 6.41. The highest BCUT2D eigenvalue weighted by molar-refractivity contribution is 9.10. The third-order valence-corrected chi connectivity index (χ3v) is 3.30. The molecule has 0 aromatic heterocycles. The van der Waals surface area contributed by atoms with Gasteiger partial charge < -0.3 is 14.6 Å². The third kappa shape index (κ3) is 3.33. The van der Waals surface area contributed by atoms with E-state index in [0.29, 0.717) is 15.8 Å². The van der Waals surface area contributed by atoms with E-state index in [-0.39, 0.29) is 11.5 Å². The summed E-state index contributed by atoms with van der Waals surface area (Å²) >= 11 is 3.08. The number of hydrogen-bond acceptors (Lipinski definition) is 3. The van der Waals surface area contributed by atoms with Gasteiger partial charge in [0.15, 0.2) is 11.6 Å². The van der Waals surface area contributed by atoms with Crippen LogP contribution in [0.5, 0.6) is 17.2 Å². The Hall–Kier alpha value is -1.66. The molecule has 6 heteroatoms. The molecule has 0 amide bonds. The third-order valence-electron chi connectivity index (χ3n) is 2.84. The monoisotopic (exact) mass is 358 g/mol. The van der Waals surface area contributed by atoms with E-state index in [4.69, 9.17) is 9.47 Å². The summed E-state index contributed by atoms with van der Waals surface area (Å²) in [6.45, 7) is 1.53. The van der Waals surface area contributed by atoms with Gasteiger partial charge in [-0.3, -0.25) is 0 Å². The summed E-state index contributed by atoms with van der Waals surface area (Å²) in [5.41, 5.74) is 0.361. The zero-order valence-electron chi connectivity index (χ0n) is 11.4. The van der Waals surface area contributed by atoms with Gasteiger partial charge in [0.25, 0.3) is 0 Å². The van der Waals surface area contributed by atoms with Gasteiger partial charge in [-0.15, -0.1) is 0 Å². The number of ether oxygens (including phenoxy) is 2. The molecule has 0 radical (unpaired) electrons. The van der Waals surface area contributed by atoms with Crippen molar-refractivity contribution >= 4 is 15.9 Å². The van der Waals surface area contributed by atoms with Gasteiger partial charge in [-0.2, -0.15) is 4.39 Å². The Morgan fingerprint density at radius 3 is 2.43 bits per heavy atom. The predicted octanol–water partition coefficient (Wildman–Crippen LogP) is 4.58. The van der Waals surface area contributed by atoms with Crippen molar-refractivity contribution in [3.63, 3.8) is 0 Å². The SMILES string of the molecule is COc1cccc(Oc2cc(Br)cc(F)c2F)c1[C@H](C)O. The number of aliphatic hydroxyl groups excluding tert-OH is 1. The molecular weight excluding hydrogens is 346 g/mol. The molecule has 1 atom stereocenters. The molecule has 2 rings (SSSR count). The van der Waals surface area contributed by atoms with Crippen LogP contribution in [0.3, 0.4) is 0 Å². The molecule has 0 fully saturated rings. The maximum absolute atomic E-state index is 13.8. The molecule has 0 saturated carbocycles. The van der Waals surface area contributed by atoms with Crippen LogP contribution in [-0.4, -0.2) is 12.2 Å². The molecule has 0 unspecified atom stereocenters. The molecule has 2 aromatic carbocycles. The number of aliphatic hydroxyl groups is 1. The summed E-state index contributed by atoms with van der Waals surface area (Å²) in [5.74, 6) is -1.81. The van der Waals surface area contributed by atoms with Gasteiger partial charge in [-0.25, -0.2) is 4.39 Å². The normalized spacial score (nSPS) is 12.1. The number of hydrogen-bond donors (Lipinski definition) is 1. The highest BCUT2D eigenvalue weighted by Gasteiger charge is 2.18. The first-order valence-corrected chi connectivity index (χ1v) is 6.90. The van der Waals surface area contributed by atoms with Crippen molar-refractivity contribution in [1.82, 2.24) is 0 Å². The highest BCUT2D eigenvalue weighted by atomic mass is 79.9. The predicted molar refractivity (Wildman–Crippen MR) is 77.8 cm³/mol. The summed E-state index contributed by atoms with van der Waals surface area (Å²) in [4.78, 5) is 0. The maximum atomic E-state index is 13.8. The molecule has 0 aliphatic carbocycles. The molecular formula is C15H13BrF2O3. The summed E-state index contributed by atoms with van der Waals surface area (Å²) in [7, 11) is 1.45. The van der Waals surface area contributed by atoms with Gasteiger partial charge in [0.05, 0.1) is 18.8 Å². The number of methoxy groups -OCH3 is 1. The van der Waals surface area contributed by atoms with Crippen molar-refractivity contribution in [3.05, 3.63) is 52.0 Å². The Morgan fingerprint density at radius 1 is 1.14 bits per heavy atom. The van der Waals surface area contributed by atoms with Crippen molar-refractivity contribution in [2.24, 2.45) is 0 Å². The Morgan fingerprint density at radius 2 is 1.81 bits per heavy atom. The van der Waals surface area contributed by atoms with E-state index in [1.54, 1.807) is 18.2 Å². The minimum atomic E-state index is -1.10. The van der Waals surface area contributed by atoms with Gasteiger partial charge in [0.1, 0.15) is 11.5 Å². The summed E-state index contributed by atoms with van der Waals surface area (Å²) in [6.07, 6.45) is -0.892. The molecule has 0 bridgehead atoms. The van der Waals surface area contributed by atoms with E-state index >= 15 is 0 Å². The fourth-order valence-corrected chi connectivity index (χ4v) is 2.34. The van der Waals surface area contributed by atoms with Crippen molar-refractivity contribution in [2.75, 3.05) is 7.11 Å². The van der Waals surface area contributed by atoms with Gasteiger partial charge in [-0.1, -0.05) is 22.0 Å². The van der Waals surface area contributed by atoms with Crippen LogP contribution in [0.1, 0.15) is 18.6 Å². The molecule has 3 nitrogen and oxygen atoms in total. The Kier molecular flexibility index (Phi) is 4.80. The lowest BCUT2D eigenvalue weighted by atomic mass is 10.1. The second-order valence-corrected chi connectivity index (χ2v) is 5.27. The van der Waals surface area contributed by atoms with Crippen LogP contribution in [0.2, 0.25) is 0 Å². The smallest absolute Gasteiger partial charge is 0.201 e. The molecule has 0 spiro atoms. The molecule has 0 saturated heterocycles. The molecule has 0 aliphatic rings. The first kappa shape index (κ1) is 15.7. The van der Waals surface area contributed by atoms with E-state index in [1.807, 2.05) is 0 Å². The number of rotatable bonds is 4. The quantitative estimate of drug-likeness (QED) is 0.812. The Balaban J connectivity index is 2.50. The van der Waals surface area contributed by atoms with Crippen LogP contribution in [0.4, 0.5) is 8.78 Å². The molecule has 1 N–H and O–H groups in total. The fraction of sp³-hybridized carbons (Fsp3) is 0.200. The minimum Gasteiger partial charge on any atom is -0.496 e. The van der Waals surface area contributed by atoms with Crippen LogP contribution >= 0.6 is 15.9 Å². The molecule has 112 valence electrons. The van der Waals surface area contributed by atoms with E-state index in [1.165, 1.54) is 20.1 Å². The Bertz CT molecular complexity index is 660. The zero-order valence-corrected chi connectivity index (χ0v) is 12.9. The topological polar surface area (TPSA) is 38.7 Å². The standard InChI is InChI=1S/C15H13BrF2O3/c1-8(19)14-11(20-2)4-3-5-12(14)21-13-7-9(16)6-10(17)15(13)18/h3-8,19H,1-2H3/t8-/m0/s1. The fourth-order valence-electron chi connectivity index (χ4n) is 1.93. The summed E-state index contributed by atoms with van der Waals surface area (Å²) < 4.78 is 38.1. The van der Waals surface area contributed by atoms with Crippen molar-refractivity contribution in [3.8, 4) is 17.2 Å². The van der Waals surface area contributed by atoms with Gasteiger partial charge in [0, 0.05) is 4.47 Å². The highest BCUT2D eigenvalue weighted by Crippen LogP contribution is 2.38. The van der Waals surface area contributed by atoms with Crippen LogP contribution < -0.4 is 9.47 Å². The largest absolute Gasteiger partial charge is 0.496 e. The first-order valence-electron chi connectivity index (χ1n) is 6.11. The number of halogens is 3. The molecule has 0 heterocycles. The minimum absolute atomic E-state index is 0.195. The first-order chi connectivity index (χ1) is 9.93. The van der Waals surface area contributed by atoms with Crippen molar-refractivity contribution in [2.45, 2.75) is 13.0 Å². The van der Waals surface area contributed by atoms with Crippen LogP contribution in [0, 0.1) is 11.6 Å². The number of benzene rings is 2. The Labute approximate surface area is 129 Å². The lowest BCUT2D eigenvalue weighted by molar-refractivity contribution is 0.190. The van der Waals surface area contributed by atoms with Crippen LogP contribution in [0.25, 0.3) is 0 Å².